The van der Waals surface area contributed by atoms with E-state index >= 15 is 0 Å². The summed E-state index contributed by atoms with van der Waals surface area (Å²) in [6, 6.07) is 10.3. The number of fused-ring (bicyclic) bond motifs is 1. The van der Waals surface area contributed by atoms with E-state index in [2.05, 4.69) is 20.1 Å². The second kappa shape index (κ2) is 9.24. The Morgan fingerprint density at radius 3 is 2.47 bits per heavy atom. The number of amides is 1. The second-order valence-electron chi connectivity index (χ2n) is 7.30. The molecule has 0 saturated carbocycles. The molecule has 1 fully saturated rings. The van der Waals surface area contributed by atoms with Crippen LogP contribution in [0, 0.1) is 20.2 Å². The molecule has 11 nitrogen and oxygen atoms in total. The first-order chi connectivity index (χ1) is 15.4. The Bertz CT molecular complexity index is 1170. The van der Waals surface area contributed by atoms with Gasteiger partial charge in [0.1, 0.15) is 0 Å². The highest BCUT2D eigenvalue weighted by molar-refractivity contribution is 7.22. The van der Waals surface area contributed by atoms with Crippen molar-refractivity contribution in [2.75, 3.05) is 44.2 Å². The summed E-state index contributed by atoms with van der Waals surface area (Å²) < 4.78 is 0.792. The minimum Gasteiger partial charge on any atom is -0.351 e. The number of anilines is 1. The largest absolute Gasteiger partial charge is 0.351 e. The highest BCUT2D eigenvalue weighted by Crippen LogP contribution is 2.31. The molecule has 0 unspecified atom stereocenters. The number of rotatable bonds is 7. The molecular formula is C20H20N6O5S. The number of nitrogens with zero attached hydrogens (tertiary/aromatic N) is 5. The number of benzene rings is 2. The molecule has 4 rings (SSSR count). The SMILES string of the molecule is O=C(NCCN1CCN(c2nc3ccc([N+](=O)[O-])cc3s2)CC1)c1cccc([N+](=O)[O-])c1. The van der Waals surface area contributed by atoms with Crippen molar-refractivity contribution in [3.05, 3.63) is 68.3 Å². The predicted molar refractivity (Wildman–Crippen MR) is 120 cm³/mol. The number of hydrogen-bond acceptors (Lipinski definition) is 9. The highest BCUT2D eigenvalue weighted by atomic mass is 32.1. The van der Waals surface area contributed by atoms with Gasteiger partial charge in [-0.25, -0.2) is 4.98 Å². The number of nitrogens with one attached hydrogen (secondary N) is 1. The average molecular weight is 456 g/mol. The Hall–Kier alpha value is -3.64. The van der Waals surface area contributed by atoms with Crippen LogP contribution in [0.2, 0.25) is 0 Å². The van der Waals surface area contributed by atoms with Gasteiger partial charge in [0.05, 0.1) is 20.1 Å². The number of piperazine rings is 1. The van der Waals surface area contributed by atoms with Crippen molar-refractivity contribution in [1.29, 1.82) is 0 Å². The summed E-state index contributed by atoms with van der Waals surface area (Å²) >= 11 is 1.45. The molecule has 12 heteroatoms. The molecule has 3 aromatic rings. The van der Waals surface area contributed by atoms with Crippen LogP contribution in [-0.4, -0.2) is 64.9 Å². The van der Waals surface area contributed by atoms with Gasteiger partial charge in [-0.05, 0) is 12.1 Å². The third-order valence-corrected chi connectivity index (χ3v) is 6.33. The fourth-order valence-corrected chi connectivity index (χ4v) is 4.55. The van der Waals surface area contributed by atoms with Crippen LogP contribution in [0.1, 0.15) is 10.4 Å². The number of carbonyl (C=O) groups excluding carboxylic acids is 1. The molecule has 2 aromatic carbocycles. The minimum absolute atomic E-state index is 0.0599. The van der Waals surface area contributed by atoms with E-state index in [0.717, 1.165) is 41.5 Å². The molecule has 0 bridgehead atoms. The molecule has 1 aliphatic rings. The van der Waals surface area contributed by atoms with Crippen LogP contribution in [0.15, 0.2) is 42.5 Å². The van der Waals surface area contributed by atoms with Crippen molar-refractivity contribution in [2.24, 2.45) is 0 Å². The first-order valence-corrected chi connectivity index (χ1v) is 10.8. The third kappa shape index (κ3) is 4.81. The standard InChI is InChI=1S/C20H20N6O5S/c27-19(14-2-1-3-15(12-14)25(28)29)21-6-7-23-8-10-24(11-9-23)20-22-17-5-4-16(26(30)31)13-18(17)32-20/h1-5,12-13H,6-11H2,(H,21,27). The van der Waals surface area contributed by atoms with Gasteiger partial charge < -0.3 is 10.2 Å². The number of aromatic nitrogens is 1. The summed E-state index contributed by atoms with van der Waals surface area (Å²) in [5, 5.41) is 25.5. The Labute approximate surface area is 186 Å². The van der Waals surface area contributed by atoms with Gasteiger partial charge in [-0.1, -0.05) is 17.4 Å². The van der Waals surface area contributed by atoms with Gasteiger partial charge in [-0.15, -0.1) is 0 Å². The summed E-state index contributed by atoms with van der Waals surface area (Å²) in [6.07, 6.45) is 0. The Morgan fingerprint density at radius 1 is 1.03 bits per heavy atom. The van der Waals surface area contributed by atoms with E-state index in [1.165, 1.54) is 35.6 Å². The maximum Gasteiger partial charge on any atom is 0.270 e. The Balaban J connectivity index is 1.27. The third-order valence-electron chi connectivity index (χ3n) is 5.25. The van der Waals surface area contributed by atoms with Crippen molar-refractivity contribution in [3.63, 3.8) is 0 Å². The van der Waals surface area contributed by atoms with Gasteiger partial charge in [0.2, 0.25) is 0 Å². The molecule has 1 aromatic heterocycles. The van der Waals surface area contributed by atoms with Crippen molar-refractivity contribution in [3.8, 4) is 0 Å². The number of nitro benzene ring substituents is 2. The molecule has 166 valence electrons. The molecule has 1 amide bonds. The quantitative estimate of drug-likeness (QED) is 0.423. The summed E-state index contributed by atoms with van der Waals surface area (Å²) in [7, 11) is 0. The molecule has 0 radical (unpaired) electrons. The number of hydrogen-bond donors (Lipinski definition) is 1. The fraction of sp³-hybridized carbons (Fsp3) is 0.300. The molecule has 2 heterocycles. The molecule has 1 saturated heterocycles. The summed E-state index contributed by atoms with van der Waals surface area (Å²) in [6.45, 7) is 4.22. The molecule has 1 aliphatic heterocycles. The number of nitro groups is 2. The van der Waals surface area contributed by atoms with Gasteiger partial charge >= 0.3 is 0 Å². The van der Waals surface area contributed by atoms with Gasteiger partial charge in [0.25, 0.3) is 17.3 Å². The van der Waals surface area contributed by atoms with Crippen LogP contribution in [0.3, 0.4) is 0 Å². The van der Waals surface area contributed by atoms with E-state index in [1.54, 1.807) is 18.2 Å². The van der Waals surface area contributed by atoms with Crippen molar-refractivity contribution in [2.45, 2.75) is 0 Å². The highest BCUT2D eigenvalue weighted by Gasteiger charge is 2.21. The van der Waals surface area contributed by atoms with E-state index < -0.39 is 9.85 Å². The number of thiazole rings is 1. The van der Waals surface area contributed by atoms with Crippen molar-refractivity contribution < 1.29 is 14.6 Å². The van der Waals surface area contributed by atoms with Gasteiger partial charge in [0, 0.05) is 69.1 Å². The first kappa shape index (κ1) is 21.6. The zero-order valence-electron chi connectivity index (χ0n) is 17.0. The Morgan fingerprint density at radius 2 is 1.75 bits per heavy atom. The lowest BCUT2D eigenvalue weighted by molar-refractivity contribution is -0.385. The van der Waals surface area contributed by atoms with E-state index in [1.807, 2.05) is 0 Å². The molecular weight excluding hydrogens is 436 g/mol. The fourth-order valence-electron chi connectivity index (χ4n) is 3.50. The average Bonchev–Trinajstić information content (AvgIpc) is 3.23. The lowest BCUT2D eigenvalue weighted by Gasteiger charge is -2.34. The topological polar surface area (TPSA) is 135 Å². The summed E-state index contributed by atoms with van der Waals surface area (Å²) in [4.78, 5) is 42.1. The second-order valence-corrected chi connectivity index (χ2v) is 8.31. The number of non-ortho nitro benzene ring substituents is 2. The zero-order chi connectivity index (χ0) is 22.7. The van der Waals surface area contributed by atoms with E-state index in [4.69, 9.17) is 0 Å². The van der Waals surface area contributed by atoms with Gasteiger partial charge in [0.15, 0.2) is 5.13 Å². The van der Waals surface area contributed by atoms with Gasteiger partial charge in [-0.2, -0.15) is 0 Å². The van der Waals surface area contributed by atoms with E-state index in [9.17, 15) is 25.0 Å². The molecule has 0 aliphatic carbocycles. The predicted octanol–water partition coefficient (Wildman–Crippen LogP) is 2.66. The van der Waals surface area contributed by atoms with E-state index in [-0.39, 0.29) is 22.8 Å². The van der Waals surface area contributed by atoms with Gasteiger partial charge in [-0.3, -0.25) is 29.9 Å². The Kier molecular flexibility index (Phi) is 6.23. The van der Waals surface area contributed by atoms with Crippen LogP contribution in [-0.2, 0) is 0 Å². The van der Waals surface area contributed by atoms with Crippen LogP contribution in [0.25, 0.3) is 10.2 Å². The first-order valence-electron chi connectivity index (χ1n) is 9.95. The molecule has 0 spiro atoms. The van der Waals surface area contributed by atoms with Crippen LogP contribution < -0.4 is 10.2 Å². The lowest BCUT2D eigenvalue weighted by atomic mass is 10.2. The monoisotopic (exact) mass is 456 g/mol. The van der Waals surface area contributed by atoms with Crippen LogP contribution in [0.4, 0.5) is 16.5 Å². The summed E-state index contributed by atoms with van der Waals surface area (Å²) in [5.41, 5.74) is 0.963. The van der Waals surface area contributed by atoms with Crippen molar-refractivity contribution >= 4 is 44.0 Å². The smallest absolute Gasteiger partial charge is 0.270 e. The maximum absolute atomic E-state index is 12.2. The minimum atomic E-state index is -0.525. The summed E-state index contributed by atoms with van der Waals surface area (Å²) in [5.74, 6) is -0.337. The van der Waals surface area contributed by atoms with E-state index in [0.29, 0.717) is 13.1 Å². The number of carbonyl (C=O) groups is 1. The normalized spacial score (nSPS) is 14.4. The maximum atomic E-state index is 12.2. The molecule has 32 heavy (non-hydrogen) atoms. The van der Waals surface area contributed by atoms with Crippen molar-refractivity contribution in [1.82, 2.24) is 15.2 Å². The zero-order valence-corrected chi connectivity index (χ0v) is 17.8. The van der Waals surface area contributed by atoms with Crippen LogP contribution in [0.5, 0.6) is 0 Å². The molecule has 1 N–H and O–H groups in total. The van der Waals surface area contributed by atoms with Crippen LogP contribution >= 0.6 is 11.3 Å². The lowest BCUT2D eigenvalue weighted by Crippen LogP contribution is -2.48. The molecule has 0 atom stereocenters.